The molecule has 3 aliphatic rings. The molecule has 9 nitrogen and oxygen atoms in total. The van der Waals surface area contributed by atoms with Crippen LogP contribution in [-0.4, -0.2) is 45.6 Å². The normalized spacial score (nSPS) is 19.8. The van der Waals surface area contributed by atoms with Crippen LogP contribution < -0.4 is 10.2 Å². The number of nitrogens with one attached hydrogen (secondary N) is 1. The molecule has 0 radical (unpaired) electrons. The van der Waals surface area contributed by atoms with E-state index in [4.69, 9.17) is 0 Å². The fourth-order valence-electron chi connectivity index (χ4n) is 4.42. The summed E-state index contributed by atoms with van der Waals surface area (Å²) < 4.78 is 15.0. The summed E-state index contributed by atoms with van der Waals surface area (Å²) in [6.45, 7) is 0.551. The van der Waals surface area contributed by atoms with E-state index in [-0.39, 0.29) is 41.8 Å². The second kappa shape index (κ2) is 6.98. The highest BCUT2D eigenvalue weighted by Gasteiger charge is 2.45. The first-order chi connectivity index (χ1) is 15.2. The van der Waals surface area contributed by atoms with Gasteiger partial charge in [0.1, 0.15) is 11.9 Å². The summed E-state index contributed by atoms with van der Waals surface area (Å²) in [4.78, 5) is 63.0. The highest BCUT2D eigenvalue weighted by Crippen LogP contribution is 2.36. The molecule has 3 aliphatic heterocycles. The maximum Gasteiger partial charge on any atom is 0.335 e. The van der Waals surface area contributed by atoms with Crippen molar-refractivity contribution in [2.75, 3.05) is 4.90 Å². The number of carboxylic acids is 1. The van der Waals surface area contributed by atoms with Crippen LogP contribution in [0.4, 0.5) is 10.1 Å². The van der Waals surface area contributed by atoms with E-state index in [1.54, 1.807) is 11.0 Å². The third kappa shape index (κ3) is 2.95. The number of benzene rings is 2. The van der Waals surface area contributed by atoms with Crippen molar-refractivity contribution in [1.82, 2.24) is 10.2 Å². The van der Waals surface area contributed by atoms with Gasteiger partial charge in [0.2, 0.25) is 11.8 Å². The average molecular weight is 437 g/mol. The van der Waals surface area contributed by atoms with E-state index < -0.39 is 41.5 Å². The minimum absolute atomic E-state index is 0.00616. The second-order valence-corrected chi connectivity index (χ2v) is 7.94. The number of amides is 4. The van der Waals surface area contributed by atoms with Crippen LogP contribution in [-0.2, 0) is 22.7 Å². The Kier molecular flexibility index (Phi) is 4.33. The van der Waals surface area contributed by atoms with Crippen molar-refractivity contribution >= 4 is 35.3 Å². The number of imide groups is 2. The molecule has 4 amide bonds. The van der Waals surface area contributed by atoms with Crippen molar-refractivity contribution in [1.29, 1.82) is 0 Å². The second-order valence-electron chi connectivity index (χ2n) is 7.94. The van der Waals surface area contributed by atoms with E-state index in [9.17, 15) is 33.5 Å². The van der Waals surface area contributed by atoms with Gasteiger partial charge in [-0.2, -0.15) is 0 Å². The van der Waals surface area contributed by atoms with Gasteiger partial charge in [-0.25, -0.2) is 9.18 Å². The zero-order valence-electron chi connectivity index (χ0n) is 16.6. The molecule has 2 aromatic rings. The van der Waals surface area contributed by atoms with E-state index in [0.29, 0.717) is 6.54 Å². The summed E-state index contributed by atoms with van der Waals surface area (Å²) in [5.74, 6) is -4.48. The minimum Gasteiger partial charge on any atom is -0.478 e. The third-order valence-corrected chi connectivity index (χ3v) is 6.02. The molecular weight excluding hydrogens is 421 g/mol. The molecule has 3 heterocycles. The fraction of sp³-hybridized carbons (Fsp3) is 0.227. The van der Waals surface area contributed by atoms with Crippen LogP contribution in [0.5, 0.6) is 0 Å². The van der Waals surface area contributed by atoms with Crippen LogP contribution in [0.15, 0.2) is 30.3 Å². The smallest absolute Gasteiger partial charge is 0.335 e. The molecule has 0 aliphatic carbocycles. The number of hydrogen-bond donors (Lipinski definition) is 2. The van der Waals surface area contributed by atoms with Crippen LogP contribution in [0.2, 0.25) is 0 Å². The number of hydrogen-bond acceptors (Lipinski definition) is 6. The lowest BCUT2D eigenvalue weighted by Gasteiger charge is -2.27. The number of carbonyl (C=O) groups excluding carboxylic acids is 4. The molecule has 32 heavy (non-hydrogen) atoms. The van der Waals surface area contributed by atoms with E-state index in [1.165, 1.54) is 18.2 Å². The molecular formula is C22H16FN3O6. The van der Waals surface area contributed by atoms with Crippen LogP contribution >= 0.6 is 0 Å². The SMILES string of the molecule is O=C1CCC(N2C(=O)c3cc(F)c(N4Cc5ccc(C(=O)O)cc5C4)cc3C2=O)C(=O)N1. The molecule has 1 atom stereocenters. The fourth-order valence-corrected chi connectivity index (χ4v) is 4.42. The Morgan fingerprint density at radius 1 is 1.00 bits per heavy atom. The van der Waals surface area contributed by atoms with Gasteiger partial charge in [0.05, 0.1) is 22.4 Å². The summed E-state index contributed by atoms with van der Waals surface area (Å²) in [5, 5.41) is 11.3. The first kappa shape index (κ1) is 19.9. The molecule has 1 fully saturated rings. The van der Waals surface area contributed by atoms with Crippen LogP contribution in [0.1, 0.15) is 55.0 Å². The zero-order valence-corrected chi connectivity index (χ0v) is 16.6. The first-order valence-electron chi connectivity index (χ1n) is 9.90. The number of rotatable bonds is 3. The van der Waals surface area contributed by atoms with Gasteiger partial charge in [-0.15, -0.1) is 0 Å². The number of carbonyl (C=O) groups is 5. The Hall–Kier alpha value is -4.08. The Morgan fingerprint density at radius 2 is 1.69 bits per heavy atom. The number of aromatic carboxylic acids is 1. The third-order valence-electron chi connectivity index (χ3n) is 6.02. The molecule has 1 unspecified atom stereocenters. The van der Waals surface area contributed by atoms with Crippen molar-refractivity contribution in [2.45, 2.75) is 32.0 Å². The van der Waals surface area contributed by atoms with Gasteiger partial charge >= 0.3 is 5.97 Å². The van der Waals surface area contributed by atoms with Crippen molar-refractivity contribution in [2.24, 2.45) is 0 Å². The van der Waals surface area contributed by atoms with Gasteiger partial charge in [-0.1, -0.05) is 6.07 Å². The van der Waals surface area contributed by atoms with Gasteiger partial charge in [0, 0.05) is 19.5 Å². The maximum atomic E-state index is 15.0. The van der Waals surface area contributed by atoms with Gasteiger partial charge in [-0.3, -0.25) is 29.4 Å². The molecule has 5 rings (SSSR count). The lowest BCUT2D eigenvalue weighted by Crippen LogP contribution is -2.54. The van der Waals surface area contributed by atoms with Crippen LogP contribution in [0.3, 0.4) is 0 Å². The summed E-state index contributed by atoms with van der Waals surface area (Å²) >= 11 is 0. The zero-order chi connectivity index (χ0) is 22.7. The minimum atomic E-state index is -1.13. The Labute approximate surface area is 180 Å². The summed E-state index contributed by atoms with van der Waals surface area (Å²) in [5.41, 5.74) is 1.65. The average Bonchev–Trinajstić information content (AvgIpc) is 3.26. The molecule has 10 heteroatoms. The summed E-state index contributed by atoms with van der Waals surface area (Å²) in [6.07, 6.45) is 0.00656. The molecule has 0 bridgehead atoms. The van der Waals surface area contributed by atoms with E-state index >= 15 is 0 Å². The monoisotopic (exact) mass is 437 g/mol. The van der Waals surface area contributed by atoms with E-state index in [2.05, 4.69) is 5.32 Å². The number of halogens is 1. The number of carboxylic acid groups (broad SMARTS) is 1. The Bertz CT molecular complexity index is 1260. The molecule has 162 valence electrons. The Balaban J connectivity index is 1.46. The number of piperidine rings is 1. The standard InChI is InChI=1S/C22H16FN3O6/c23-15-6-13-14(21(30)26(20(13)29)16-3-4-18(27)24-19(16)28)7-17(15)25-8-11-2-1-10(22(31)32)5-12(11)9-25/h1-2,5-7,16H,3-4,8-9H2,(H,31,32)(H,24,27,28). The highest BCUT2D eigenvalue weighted by atomic mass is 19.1. The van der Waals surface area contributed by atoms with Crippen molar-refractivity contribution < 1.29 is 33.5 Å². The predicted octanol–water partition coefficient (Wildman–Crippen LogP) is 1.45. The maximum absolute atomic E-state index is 15.0. The lowest BCUT2D eigenvalue weighted by atomic mass is 10.0. The molecule has 2 aromatic carbocycles. The van der Waals surface area contributed by atoms with E-state index in [0.717, 1.165) is 22.1 Å². The van der Waals surface area contributed by atoms with Gasteiger partial charge in [0.15, 0.2) is 0 Å². The number of nitrogens with zero attached hydrogens (tertiary/aromatic N) is 2. The number of fused-ring (bicyclic) bond motifs is 2. The molecule has 0 spiro atoms. The van der Waals surface area contributed by atoms with Crippen molar-refractivity contribution in [3.05, 3.63) is 64.0 Å². The predicted molar refractivity (Wildman–Crippen MR) is 106 cm³/mol. The Morgan fingerprint density at radius 3 is 2.38 bits per heavy atom. The number of anilines is 1. The summed E-state index contributed by atoms with van der Waals surface area (Å²) in [6, 6.07) is 5.83. The van der Waals surface area contributed by atoms with Crippen molar-refractivity contribution in [3.8, 4) is 0 Å². The van der Waals surface area contributed by atoms with E-state index in [1.807, 2.05) is 0 Å². The molecule has 0 aromatic heterocycles. The van der Waals surface area contributed by atoms with Crippen LogP contribution in [0, 0.1) is 5.82 Å². The molecule has 1 saturated heterocycles. The van der Waals surface area contributed by atoms with Gasteiger partial charge in [0.25, 0.3) is 11.8 Å². The van der Waals surface area contributed by atoms with Gasteiger partial charge < -0.3 is 10.0 Å². The molecule has 2 N–H and O–H groups in total. The topological polar surface area (TPSA) is 124 Å². The van der Waals surface area contributed by atoms with Crippen LogP contribution in [0.25, 0.3) is 0 Å². The largest absolute Gasteiger partial charge is 0.478 e. The lowest BCUT2D eigenvalue weighted by molar-refractivity contribution is -0.136. The molecule has 0 saturated carbocycles. The first-order valence-corrected chi connectivity index (χ1v) is 9.90. The van der Waals surface area contributed by atoms with Crippen molar-refractivity contribution in [3.63, 3.8) is 0 Å². The highest BCUT2D eigenvalue weighted by molar-refractivity contribution is 6.23. The summed E-state index contributed by atoms with van der Waals surface area (Å²) in [7, 11) is 0. The van der Waals surface area contributed by atoms with Gasteiger partial charge in [-0.05, 0) is 41.8 Å². The quantitative estimate of drug-likeness (QED) is 0.697.